The Hall–Kier alpha value is -12.3. The van der Waals surface area contributed by atoms with Gasteiger partial charge in [0.25, 0.3) is 0 Å². The zero-order valence-corrected chi connectivity index (χ0v) is 74.9. The minimum Gasteiger partial charge on any atom is -0.296 e. The summed E-state index contributed by atoms with van der Waals surface area (Å²) in [5.41, 5.74) is 10.5. The number of fused-ring (bicyclic) bond motifs is 5. The van der Waals surface area contributed by atoms with Gasteiger partial charge < -0.3 is 0 Å². The van der Waals surface area contributed by atoms with Crippen LogP contribution in [0.15, 0.2) is 364 Å². The van der Waals surface area contributed by atoms with Crippen molar-refractivity contribution in [2.24, 2.45) is 0 Å². The summed E-state index contributed by atoms with van der Waals surface area (Å²) in [7, 11) is 0. The van der Waals surface area contributed by atoms with Gasteiger partial charge in [0.05, 0.1) is 0 Å². The van der Waals surface area contributed by atoms with Gasteiger partial charge in [0.1, 0.15) is 0 Å². The predicted octanol–water partition coefficient (Wildman–Crippen LogP) is 26.6. The van der Waals surface area contributed by atoms with Crippen LogP contribution >= 0.6 is 0 Å². The lowest BCUT2D eigenvalue weighted by molar-refractivity contribution is 0.0944. The number of Topliss-reactive ketones (excluding diaryl/α,β-unsaturated/α-hetero) is 5. The molecule has 0 saturated heterocycles. The molecule has 0 fully saturated rings. The Balaban J connectivity index is 0.000000152. The molecule has 0 unspecified atom stereocenters. The summed E-state index contributed by atoms with van der Waals surface area (Å²) < 4.78 is 0. The van der Waals surface area contributed by atoms with Gasteiger partial charge in [0.15, 0.2) is 28.9 Å². The minimum atomic E-state index is 0.212. The van der Waals surface area contributed by atoms with E-state index in [4.69, 9.17) is 0 Å². The van der Waals surface area contributed by atoms with Crippen LogP contribution in [0, 0.1) is 0 Å². The van der Waals surface area contributed by atoms with E-state index in [0.29, 0.717) is 62.3 Å². The first kappa shape index (κ1) is 93.4. The average molecular weight is 1660 g/mol. The van der Waals surface area contributed by atoms with Crippen molar-refractivity contribution in [3.05, 3.63) is 420 Å². The summed E-state index contributed by atoms with van der Waals surface area (Å²) in [4.78, 5) is 75.0. The number of carbonyl (C=O) groups excluding carboxylic acids is 5. The molecule has 10 nitrogen and oxygen atoms in total. The zero-order chi connectivity index (χ0) is 88.2. The predicted molar refractivity (Wildman–Crippen MR) is 524 cm³/mol. The van der Waals surface area contributed by atoms with Crippen molar-refractivity contribution in [3.63, 3.8) is 0 Å². The maximum Gasteiger partial charge on any atom is 0.164 e. The molecule has 125 heavy (non-hydrogen) atoms. The van der Waals surface area contributed by atoms with E-state index in [0.717, 1.165) is 120 Å². The number of carbonyl (C=O) groups is 5. The molecule has 0 aromatic heterocycles. The number of hydrogen-bond donors (Lipinski definition) is 0. The summed E-state index contributed by atoms with van der Waals surface area (Å²) in [6, 6.07) is 125. The molecule has 0 bridgehead atoms. The van der Waals surface area contributed by atoms with Crippen LogP contribution < -0.4 is 0 Å². The lowest BCUT2D eigenvalue weighted by atomic mass is 10.0. The molecule has 15 aromatic carbocycles. The first-order valence-electron chi connectivity index (χ1n) is 44.7. The van der Waals surface area contributed by atoms with Crippen molar-refractivity contribution in [1.29, 1.82) is 0 Å². The van der Waals surface area contributed by atoms with E-state index in [9.17, 15) is 24.0 Å². The SMILES string of the molecule is CC(C)N(CCC(=O)c1ccc2ccccc2c1)Cc1ccccc1.CC(C)N(CCC(=O)c1ccc2ccccc2c1)Cc1ccccc1.CC(C)N(CCC(=O)c1ccc2ccccc2c1)Cc1ccccc1.CC(C)N(CCC(=O)c1ccc2ccccc2c1)Cc1ccccc1.CC(C)N(CCC(=O)c1ccc2ccccc2c1)Cc1ccccc1. The fourth-order valence-electron chi connectivity index (χ4n) is 15.5. The van der Waals surface area contributed by atoms with Crippen LogP contribution in [-0.4, -0.2) is 116 Å². The first-order chi connectivity index (χ1) is 60.7. The van der Waals surface area contributed by atoms with Gasteiger partial charge in [-0.05, 0) is 181 Å². The Labute approximate surface area is 743 Å². The van der Waals surface area contributed by atoms with Crippen molar-refractivity contribution in [2.45, 2.75) is 164 Å². The second-order valence-electron chi connectivity index (χ2n) is 33.9. The average Bonchev–Trinajstić information content (AvgIpc) is 0.847. The van der Waals surface area contributed by atoms with E-state index >= 15 is 0 Å². The van der Waals surface area contributed by atoms with Gasteiger partial charge in [0.2, 0.25) is 0 Å². The molecule has 0 aliphatic rings. The third-order valence-corrected chi connectivity index (χ3v) is 23.3. The molecule has 10 heteroatoms. The van der Waals surface area contributed by atoms with E-state index in [2.05, 4.69) is 276 Å². The molecule has 0 radical (unpaired) electrons. The largest absolute Gasteiger partial charge is 0.296 e. The normalized spacial score (nSPS) is 11.4. The fourth-order valence-corrected chi connectivity index (χ4v) is 15.5. The van der Waals surface area contributed by atoms with Gasteiger partial charge in [-0.1, -0.05) is 334 Å². The van der Waals surface area contributed by atoms with Crippen LogP contribution in [0.3, 0.4) is 0 Å². The molecule has 0 spiro atoms. The van der Waals surface area contributed by atoms with Gasteiger partial charge in [0, 0.05) is 156 Å². The smallest absolute Gasteiger partial charge is 0.164 e. The molecule has 640 valence electrons. The monoisotopic (exact) mass is 1660 g/mol. The molecule has 0 saturated carbocycles. The standard InChI is InChI=1S/5C23H25NO/c5*1-18(2)24(17-19-8-4-3-5-9-19)15-14-23(25)22-13-12-20-10-6-7-11-21(20)16-22/h5*3-13,16,18H,14-15,17H2,1-2H3. The molecule has 0 heterocycles. The second-order valence-corrected chi connectivity index (χ2v) is 33.9. The highest BCUT2D eigenvalue weighted by atomic mass is 16.1. The Morgan fingerprint density at radius 1 is 0.176 bits per heavy atom. The van der Waals surface area contributed by atoms with E-state index in [1.807, 2.05) is 182 Å². The zero-order valence-electron chi connectivity index (χ0n) is 74.9. The van der Waals surface area contributed by atoms with E-state index in [1.165, 1.54) is 54.7 Å². The van der Waals surface area contributed by atoms with Crippen molar-refractivity contribution in [2.75, 3.05) is 32.7 Å². The Bertz CT molecular complexity index is 5030. The van der Waals surface area contributed by atoms with Crippen LogP contribution in [-0.2, 0) is 32.7 Å². The van der Waals surface area contributed by atoms with Crippen LogP contribution in [0.2, 0.25) is 0 Å². The Morgan fingerprint density at radius 3 is 0.456 bits per heavy atom. The highest BCUT2D eigenvalue weighted by molar-refractivity contribution is 6.03. The van der Waals surface area contributed by atoms with Crippen LogP contribution in [0.5, 0.6) is 0 Å². The number of rotatable bonds is 35. The van der Waals surface area contributed by atoms with Crippen LogP contribution in [0.4, 0.5) is 0 Å². The number of ketones is 5. The molecular weight excluding hydrogens is 1530 g/mol. The van der Waals surface area contributed by atoms with Crippen molar-refractivity contribution in [3.8, 4) is 0 Å². The number of benzene rings is 15. The third kappa shape index (κ3) is 29.7. The van der Waals surface area contributed by atoms with Gasteiger partial charge in [-0.3, -0.25) is 48.5 Å². The molecular formula is C115H125N5O5. The van der Waals surface area contributed by atoms with Crippen molar-refractivity contribution in [1.82, 2.24) is 24.5 Å². The maximum absolute atomic E-state index is 12.6. The summed E-state index contributed by atoms with van der Waals surface area (Å²) >= 11 is 0. The molecule has 0 aliphatic heterocycles. The number of hydrogen-bond acceptors (Lipinski definition) is 10. The Kier molecular flexibility index (Phi) is 36.4. The number of nitrogens with zero attached hydrogens (tertiary/aromatic N) is 5. The van der Waals surface area contributed by atoms with Crippen molar-refractivity contribution < 1.29 is 24.0 Å². The minimum absolute atomic E-state index is 0.212. The summed E-state index contributed by atoms with van der Waals surface area (Å²) in [6.45, 7) is 30.1. The third-order valence-electron chi connectivity index (χ3n) is 23.3. The van der Waals surface area contributed by atoms with E-state index < -0.39 is 0 Å². The maximum atomic E-state index is 12.6. The van der Waals surface area contributed by atoms with Gasteiger partial charge in [-0.25, -0.2) is 0 Å². The topological polar surface area (TPSA) is 102 Å². The van der Waals surface area contributed by atoms with Crippen molar-refractivity contribution >= 4 is 82.8 Å². The van der Waals surface area contributed by atoms with Crippen LogP contribution in [0.1, 0.15) is 181 Å². The van der Waals surface area contributed by atoms with Gasteiger partial charge in [-0.15, -0.1) is 0 Å². The lowest BCUT2D eigenvalue weighted by Crippen LogP contribution is -2.32. The van der Waals surface area contributed by atoms with E-state index in [-0.39, 0.29) is 28.9 Å². The highest BCUT2D eigenvalue weighted by Crippen LogP contribution is 2.25. The molecule has 15 rings (SSSR count). The molecule has 0 amide bonds. The molecule has 15 aromatic rings. The second kappa shape index (κ2) is 48.7. The molecule has 0 aliphatic carbocycles. The highest BCUT2D eigenvalue weighted by Gasteiger charge is 2.21. The van der Waals surface area contributed by atoms with Gasteiger partial charge >= 0.3 is 0 Å². The Morgan fingerprint density at radius 2 is 0.312 bits per heavy atom. The van der Waals surface area contributed by atoms with Crippen LogP contribution in [0.25, 0.3) is 53.9 Å². The van der Waals surface area contributed by atoms with Gasteiger partial charge in [-0.2, -0.15) is 0 Å². The summed E-state index contributed by atoms with van der Waals surface area (Å²) in [5.74, 6) is 1.06. The van der Waals surface area contributed by atoms with E-state index in [1.54, 1.807) is 0 Å². The lowest BCUT2D eigenvalue weighted by Gasteiger charge is -2.26. The fraction of sp³-hybridized carbons (Fsp3) is 0.261. The summed E-state index contributed by atoms with van der Waals surface area (Å²) in [6.07, 6.45) is 2.72. The summed E-state index contributed by atoms with van der Waals surface area (Å²) in [5, 5.41) is 11.5. The quantitative estimate of drug-likeness (QED) is 0.0357. The first-order valence-corrected chi connectivity index (χ1v) is 44.7. The molecule has 0 N–H and O–H groups in total. The molecule has 0 atom stereocenters.